The molecule has 0 saturated carbocycles. The van der Waals surface area contributed by atoms with Crippen LogP contribution in [-0.4, -0.2) is 55.7 Å². The Balaban J connectivity index is 1.47. The van der Waals surface area contributed by atoms with E-state index in [1.807, 2.05) is 30.3 Å². The number of nitrogens with one attached hydrogen (secondary N) is 1. The summed E-state index contributed by atoms with van der Waals surface area (Å²) in [4.78, 5) is 25.0. The summed E-state index contributed by atoms with van der Waals surface area (Å²) in [6.07, 6.45) is 10.5. The van der Waals surface area contributed by atoms with Gasteiger partial charge < -0.3 is 9.73 Å². The highest BCUT2D eigenvalue weighted by molar-refractivity contribution is 6.06. The molecule has 176 valence electrons. The van der Waals surface area contributed by atoms with Crippen molar-refractivity contribution in [3.63, 3.8) is 0 Å². The van der Waals surface area contributed by atoms with Crippen LogP contribution in [0.1, 0.15) is 49.2 Å². The van der Waals surface area contributed by atoms with E-state index in [9.17, 15) is 4.79 Å². The second kappa shape index (κ2) is 9.38. The Bertz CT molecular complexity index is 1260. The summed E-state index contributed by atoms with van der Waals surface area (Å²) in [5, 5.41) is 8.42. The van der Waals surface area contributed by atoms with Gasteiger partial charge in [0.2, 0.25) is 0 Å². The van der Waals surface area contributed by atoms with Crippen molar-refractivity contribution in [2.45, 2.75) is 45.2 Å². The number of carbonyl (C=O) groups excluding carboxylic acids is 1. The third kappa shape index (κ3) is 4.59. The first kappa shape index (κ1) is 22.3. The van der Waals surface area contributed by atoms with Gasteiger partial charge in [-0.3, -0.25) is 14.7 Å². The predicted molar refractivity (Wildman–Crippen MR) is 130 cm³/mol. The first-order chi connectivity index (χ1) is 16.5. The molecule has 34 heavy (non-hydrogen) atoms. The molecule has 5 heterocycles. The Hall–Kier alpha value is -3.52. The molecule has 1 fully saturated rings. The minimum absolute atomic E-state index is 0.113. The Labute approximate surface area is 199 Å². The van der Waals surface area contributed by atoms with E-state index in [1.165, 1.54) is 19.3 Å². The summed E-state index contributed by atoms with van der Waals surface area (Å²) in [5.74, 6) is 0.646. The maximum atomic E-state index is 13.5. The lowest BCUT2D eigenvalue weighted by Gasteiger charge is -2.41. The Morgan fingerprint density at radius 3 is 2.74 bits per heavy atom. The molecule has 0 atom stereocenters. The molecule has 0 unspecified atom stereocenters. The highest BCUT2D eigenvalue weighted by atomic mass is 16.3. The van der Waals surface area contributed by atoms with E-state index >= 15 is 0 Å². The largest absolute Gasteiger partial charge is 0.467 e. The molecule has 0 bridgehead atoms. The molecule has 1 N–H and O–H groups in total. The average molecular weight is 459 g/mol. The molecule has 1 saturated heterocycles. The van der Waals surface area contributed by atoms with Gasteiger partial charge in [-0.15, -0.1) is 0 Å². The molecule has 8 heteroatoms. The second-order valence-electron chi connectivity index (χ2n) is 9.46. The summed E-state index contributed by atoms with van der Waals surface area (Å²) in [6.45, 7) is 7.55. The fourth-order valence-corrected chi connectivity index (χ4v) is 4.57. The molecule has 0 aliphatic carbocycles. The van der Waals surface area contributed by atoms with Crippen molar-refractivity contribution < 1.29 is 9.21 Å². The zero-order valence-electron chi connectivity index (χ0n) is 19.7. The molecule has 5 rings (SSSR count). The third-order valence-corrected chi connectivity index (χ3v) is 6.59. The zero-order valence-corrected chi connectivity index (χ0v) is 19.7. The van der Waals surface area contributed by atoms with E-state index in [4.69, 9.17) is 9.40 Å². The van der Waals surface area contributed by atoms with E-state index in [-0.39, 0.29) is 11.4 Å². The molecule has 0 radical (unpaired) electrons. The number of hydrogen-bond acceptors (Lipinski definition) is 6. The third-order valence-electron chi connectivity index (χ3n) is 6.59. The molecule has 0 spiro atoms. The molecule has 4 aromatic rings. The average Bonchev–Trinajstić information content (AvgIpc) is 3.54. The Morgan fingerprint density at radius 1 is 1.15 bits per heavy atom. The lowest BCUT2D eigenvalue weighted by molar-refractivity contribution is 0.0798. The number of hydrogen-bond donors (Lipinski definition) is 1. The van der Waals surface area contributed by atoms with Crippen LogP contribution in [-0.2, 0) is 6.54 Å². The van der Waals surface area contributed by atoms with Crippen LogP contribution < -0.4 is 5.32 Å². The summed E-state index contributed by atoms with van der Waals surface area (Å²) in [5.41, 5.74) is 2.61. The van der Waals surface area contributed by atoms with Crippen molar-refractivity contribution in [1.82, 2.24) is 30.0 Å². The fraction of sp³-hybridized carbons (Fsp3) is 0.385. The van der Waals surface area contributed by atoms with Crippen LogP contribution in [0.2, 0.25) is 0 Å². The number of pyridine rings is 2. The first-order valence-corrected chi connectivity index (χ1v) is 11.8. The lowest BCUT2D eigenvalue weighted by Crippen LogP contribution is -2.53. The smallest absolute Gasteiger partial charge is 0.252 e. The normalized spacial score (nSPS) is 15.0. The number of piperidine rings is 1. The summed E-state index contributed by atoms with van der Waals surface area (Å²) in [6, 6.07) is 9.38. The molecule has 1 amide bonds. The van der Waals surface area contributed by atoms with E-state index in [2.05, 4.69) is 34.1 Å². The monoisotopic (exact) mass is 458 g/mol. The van der Waals surface area contributed by atoms with Crippen LogP contribution >= 0.6 is 0 Å². The van der Waals surface area contributed by atoms with Crippen molar-refractivity contribution in [2.75, 3.05) is 19.6 Å². The van der Waals surface area contributed by atoms with Crippen LogP contribution in [0.4, 0.5) is 0 Å². The molecule has 1 aliphatic rings. The number of rotatable bonds is 7. The van der Waals surface area contributed by atoms with Crippen molar-refractivity contribution in [3.05, 3.63) is 66.5 Å². The van der Waals surface area contributed by atoms with Crippen LogP contribution in [0.3, 0.4) is 0 Å². The number of fused-ring (bicyclic) bond motifs is 1. The predicted octanol–water partition coefficient (Wildman–Crippen LogP) is 4.13. The van der Waals surface area contributed by atoms with Gasteiger partial charge in [-0.05, 0) is 70.1 Å². The van der Waals surface area contributed by atoms with Gasteiger partial charge in [0, 0.05) is 30.0 Å². The highest BCUT2D eigenvalue weighted by Crippen LogP contribution is 2.26. The summed E-state index contributed by atoms with van der Waals surface area (Å²) < 4.78 is 7.27. The first-order valence-electron chi connectivity index (χ1n) is 11.8. The van der Waals surface area contributed by atoms with E-state index in [0.29, 0.717) is 35.4 Å². The van der Waals surface area contributed by atoms with Crippen molar-refractivity contribution in [1.29, 1.82) is 0 Å². The van der Waals surface area contributed by atoms with Crippen LogP contribution in [0.25, 0.3) is 22.3 Å². The van der Waals surface area contributed by atoms with Crippen molar-refractivity contribution in [3.8, 4) is 11.3 Å². The topological polar surface area (TPSA) is 89.1 Å². The molecular weight excluding hydrogens is 428 g/mol. The van der Waals surface area contributed by atoms with Gasteiger partial charge in [0.05, 0.1) is 29.1 Å². The lowest BCUT2D eigenvalue weighted by atomic mass is 9.98. The maximum Gasteiger partial charge on any atom is 0.252 e. The number of nitrogens with zero attached hydrogens (tertiary/aromatic N) is 5. The molecule has 0 aromatic carbocycles. The zero-order chi connectivity index (χ0) is 23.5. The van der Waals surface area contributed by atoms with Gasteiger partial charge in [0.1, 0.15) is 12.3 Å². The number of amides is 1. The minimum atomic E-state index is -0.125. The van der Waals surface area contributed by atoms with Crippen molar-refractivity contribution >= 4 is 16.9 Å². The molecule has 4 aromatic heterocycles. The van der Waals surface area contributed by atoms with Gasteiger partial charge >= 0.3 is 0 Å². The SMILES string of the molecule is CC(C)(CNC(=O)c1cc(-c2cccnc2)nc2c1cnn2Cc1ccco1)N1CCCCC1. The fourth-order valence-electron chi connectivity index (χ4n) is 4.57. The van der Waals surface area contributed by atoms with E-state index in [1.54, 1.807) is 29.5 Å². The van der Waals surface area contributed by atoms with Gasteiger partial charge in [-0.25, -0.2) is 9.67 Å². The Kier molecular flexibility index (Phi) is 6.15. The maximum absolute atomic E-state index is 13.5. The Morgan fingerprint density at radius 2 is 2.00 bits per heavy atom. The number of aromatic nitrogens is 4. The molecule has 1 aliphatic heterocycles. The van der Waals surface area contributed by atoms with E-state index < -0.39 is 0 Å². The summed E-state index contributed by atoms with van der Waals surface area (Å²) >= 11 is 0. The molecular formula is C26H30N6O2. The van der Waals surface area contributed by atoms with Gasteiger partial charge in [-0.2, -0.15) is 5.10 Å². The van der Waals surface area contributed by atoms with Crippen molar-refractivity contribution in [2.24, 2.45) is 0 Å². The second-order valence-corrected chi connectivity index (χ2v) is 9.46. The number of carbonyl (C=O) groups is 1. The highest BCUT2D eigenvalue weighted by Gasteiger charge is 2.29. The van der Waals surface area contributed by atoms with Gasteiger partial charge in [0.15, 0.2) is 5.65 Å². The summed E-state index contributed by atoms with van der Waals surface area (Å²) in [7, 11) is 0. The standard InChI is InChI=1S/C26H30N6O2/c1-26(2,31-11-4-3-5-12-31)18-28-25(33)21-14-23(19-8-6-10-27-15-19)30-24-22(21)16-29-32(24)17-20-9-7-13-34-20/h6-10,13-16H,3-5,11-12,17-18H2,1-2H3,(H,28,33). The van der Waals surface area contributed by atoms with Gasteiger partial charge in [0.25, 0.3) is 5.91 Å². The minimum Gasteiger partial charge on any atom is -0.467 e. The van der Waals surface area contributed by atoms with Crippen LogP contribution in [0, 0.1) is 0 Å². The van der Waals surface area contributed by atoms with Crippen LogP contribution in [0.5, 0.6) is 0 Å². The quantitative estimate of drug-likeness (QED) is 0.448. The number of likely N-dealkylation sites (tertiary alicyclic amines) is 1. The van der Waals surface area contributed by atoms with Crippen LogP contribution in [0.15, 0.2) is 59.6 Å². The van der Waals surface area contributed by atoms with E-state index in [0.717, 1.165) is 24.4 Å². The molecule has 8 nitrogen and oxygen atoms in total. The van der Waals surface area contributed by atoms with Gasteiger partial charge in [-0.1, -0.05) is 6.42 Å². The number of furan rings is 1.